The van der Waals surface area contributed by atoms with Crippen molar-refractivity contribution in [2.24, 2.45) is 5.10 Å². The molecule has 1 aliphatic heterocycles. The van der Waals surface area contributed by atoms with Gasteiger partial charge in [-0.05, 0) is 29.7 Å². The average molecular weight is 382 g/mol. The normalized spacial score (nSPS) is 13.0. The van der Waals surface area contributed by atoms with Crippen molar-refractivity contribution in [3.63, 3.8) is 0 Å². The minimum absolute atomic E-state index is 0.0777. The Hall–Kier alpha value is -3.25. The second-order valence-electron chi connectivity index (χ2n) is 6.00. The van der Waals surface area contributed by atoms with Crippen molar-refractivity contribution < 1.29 is 14.0 Å². The number of amides is 2. The SMILES string of the molecule is O=C(CN1C(=O)c2cccc3cccc1c23)N/N=C/c1c(F)cccc1Cl. The van der Waals surface area contributed by atoms with Crippen molar-refractivity contribution in [3.05, 3.63) is 76.6 Å². The number of hydrogen-bond donors (Lipinski definition) is 1. The summed E-state index contributed by atoms with van der Waals surface area (Å²) in [4.78, 5) is 26.3. The molecule has 0 radical (unpaired) electrons. The molecule has 1 heterocycles. The fourth-order valence-corrected chi connectivity index (χ4v) is 3.33. The van der Waals surface area contributed by atoms with Crippen LogP contribution in [0.1, 0.15) is 15.9 Å². The number of anilines is 1. The average Bonchev–Trinajstić information content (AvgIpc) is 2.92. The monoisotopic (exact) mass is 381 g/mol. The van der Waals surface area contributed by atoms with Gasteiger partial charge in [0.15, 0.2) is 0 Å². The fraction of sp³-hybridized carbons (Fsp3) is 0.0500. The molecule has 4 rings (SSSR count). The van der Waals surface area contributed by atoms with Crippen molar-refractivity contribution in [2.75, 3.05) is 11.4 Å². The highest BCUT2D eigenvalue weighted by Crippen LogP contribution is 2.36. The Morgan fingerprint density at radius 2 is 1.89 bits per heavy atom. The van der Waals surface area contributed by atoms with Gasteiger partial charge in [-0.3, -0.25) is 14.5 Å². The van der Waals surface area contributed by atoms with Crippen molar-refractivity contribution in [1.82, 2.24) is 5.43 Å². The van der Waals surface area contributed by atoms with E-state index in [-0.39, 0.29) is 23.0 Å². The molecule has 27 heavy (non-hydrogen) atoms. The molecule has 2 amide bonds. The van der Waals surface area contributed by atoms with E-state index in [4.69, 9.17) is 11.6 Å². The first-order valence-electron chi connectivity index (χ1n) is 8.16. The van der Waals surface area contributed by atoms with Crippen LogP contribution >= 0.6 is 11.6 Å². The van der Waals surface area contributed by atoms with Crippen molar-refractivity contribution in [2.45, 2.75) is 0 Å². The van der Waals surface area contributed by atoms with Crippen LogP contribution in [0.3, 0.4) is 0 Å². The third kappa shape index (κ3) is 3.04. The number of rotatable bonds is 4. The predicted molar refractivity (Wildman–Crippen MR) is 103 cm³/mol. The van der Waals surface area contributed by atoms with Gasteiger partial charge in [-0.15, -0.1) is 0 Å². The first-order chi connectivity index (χ1) is 13.1. The maximum absolute atomic E-state index is 13.7. The lowest BCUT2D eigenvalue weighted by atomic mass is 10.1. The molecular weight excluding hydrogens is 369 g/mol. The molecule has 0 unspecified atom stereocenters. The van der Waals surface area contributed by atoms with Crippen molar-refractivity contribution in [1.29, 1.82) is 0 Å². The summed E-state index contributed by atoms with van der Waals surface area (Å²) in [6, 6.07) is 15.3. The molecule has 1 aliphatic rings. The molecule has 7 heteroatoms. The molecule has 0 spiro atoms. The fourth-order valence-electron chi connectivity index (χ4n) is 3.12. The summed E-state index contributed by atoms with van der Waals surface area (Å²) < 4.78 is 13.7. The highest BCUT2D eigenvalue weighted by atomic mass is 35.5. The number of halogens is 2. The Labute approximate surface area is 159 Å². The van der Waals surface area contributed by atoms with Gasteiger partial charge in [-0.2, -0.15) is 5.10 Å². The van der Waals surface area contributed by atoms with Gasteiger partial charge >= 0.3 is 0 Å². The quantitative estimate of drug-likeness (QED) is 0.552. The van der Waals surface area contributed by atoms with E-state index in [9.17, 15) is 14.0 Å². The highest BCUT2D eigenvalue weighted by molar-refractivity contribution is 6.33. The van der Waals surface area contributed by atoms with Crippen LogP contribution in [0.15, 0.2) is 59.7 Å². The summed E-state index contributed by atoms with van der Waals surface area (Å²) in [7, 11) is 0. The lowest BCUT2D eigenvalue weighted by Gasteiger charge is -2.16. The van der Waals surface area contributed by atoms with Crippen molar-refractivity contribution in [3.8, 4) is 0 Å². The molecular formula is C20H13ClFN3O2. The van der Waals surface area contributed by atoms with Gasteiger partial charge in [-0.25, -0.2) is 9.82 Å². The van der Waals surface area contributed by atoms with Crippen LogP contribution in [0, 0.1) is 5.82 Å². The van der Waals surface area contributed by atoms with Gasteiger partial charge < -0.3 is 0 Å². The molecule has 3 aromatic rings. The zero-order chi connectivity index (χ0) is 19.0. The third-order valence-corrected chi connectivity index (χ3v) is 4.66. The summed E-state index contributed by atoms with van der Waals surface area (Å²) in [6.07, 6.45) is 1.14. The van der Waals surface area contributed by atoms with E-state index in [1.807, 2.05) is 24.3 Å². The van der Waals surface area contributed by atoms with Gasteiger partial charge in [0.05, 0.1) is 16.9 Å². The van der Waals surface area contributed by atoms with Crippen molar-refractivity contribution >= 4 is 46.1 Å². The molecule has 1 N–H and O–H groups in total. The van der Waals surface area contributed by atoms with Gasteiger partial charge in [0.25, 0.3) is 11.8 Å². The first-order valence-corrected chi connectivity index (χ1v) is 8.53. The smallest absolute Gasteiger partial charge is 0.260 e. The molecule has 5 nitrogen and oxygen atoms in total. The summed E-state index contributed by atoms with van der Waals surface area (Å²) in [5, 5.41) is 5.70. The van der Waals surface area contributed by atoms with Gasteiger partial charge in [0.1, 0.15) is 12.4 Å². The van der Waals surface area contributed by atoms with E-state index in [1.165, 1.54) is 23.1 Å². The van der Waals surface area contributed by atoms with E-state index in [0.717, 1.165) is 17.0 Å². The Kier molecular flexibility index (Phi) is 4.33. The van der Waals surface area contributed by atoms with E-state index in [2.05, 4.69) is 10.5 Å². The van der Waals surface area contributed by atoms with E-state index >= 15 is 0 Å². The lowest BCUT2D eigenvalue weighted by molar-refractivity contribution is -0.119. The maximum atomic E-state index is 13.7. The minimum atomic E-state index is -0.544. The number of carbonyl (C=O) groups excluding carboxylic acids is 2. The van der Waals surface area contributed by atoms with Gasteiger partial charge in [0.2, 0.25) is 0 Å². The lowest BCUT2D eigenvalue weighted by Crippen LogP contribution is -2.37. The molecule has 0 aromatic heterocycles. The van der Waals surface area contributed by atoms with E-state index in [0.29, 0.717) is 11.3 Å². The van der Waals surface area contributed by atoms with Gasteiger partial charge in [-0.1, -0.05) is 41.9 Å². The standard InChI is InChI=1S/C20H13ClFN3O2/c21-15-7-3-8-16(22)14(15)10-23-24-18(26)11-25-17-9-2-5-12-4-1-6-13(19(12)17)20(25)27/h1-10H,11H2,(H,24,26)/b23-10+. The Morgan fingerprint density at radius 1 is 1.15 bits per heavy atom. The van der Waals surface area contributed by atoms with Crippen LogP contribution in [0.4, 0.5) is 10.1 Å². The number of hydrogen-bond acceptors (Lipinski definition) is 3. The zero-order valence-electron chi connectivity index (χ0n) is 13.9. The van der Waals surface area contributed by atoms with Crippen LogP contribution in [-0.2, 0) is 4.79 Å². The van der Waals surface area contributed by atoms with Crippen LogP contribution in [0.2, 0.25) is 5.02 Å². The molecule has 0 bridgehead atoms. The van der Waals surface area contributed by atoms with Crippen LogP contribution < -0.4 is 10.3 Å². The van der Waals surface area contributed by atoms with E-state index in [1.54, 1.807) is 12.1 Å². The molecule has 0 saturated heterocycles. The molecule has 0 aliphatic carbocycles. The number of carbonyl (C=O) groups is 2. The number of nitrogens with zero attached hydrogens (tertiary/aromatic N) is 2. The number of hydrazone groups is 1. The summed E-state index contributed by atoms with van der Waals surface area (Å²) in [6.45, 7) is -0.199. The molecule has 134 valence electrons. The molecule has 3 aromatic carbocycles. The van der Waals surface area contributed by atoms with Crippen LogP contribution in [0.5, 0.6) is 0 Å². The zero-order valence-corrected chi connectivity index (χ0v) is 14.7. The molecule has 0 saturated carbocycles. The van der Waals surface area contributed by atoms with Crippen LogP contribution in [-0.4, -0.2) is 24.6 Å². The van der Waals surface area contributed by atoms with Gasteiger partial charge in [0, 0.05) is 16.5 Å². The summed E-state index contributed by atoms with van der Waals surface area (Å²) in [5.74, 6) is -1.28. The third-order valence-electron chi connectivity index (χ3n) is 4.33. The Morgan fingerprint density at radius 3 is 2.67 bits per heavy atom. The second-order valence-corrected chi connectivity index (χ2v) is 6.41. The number of benzene rings is 3. The molecule has 0 atom stereocenters. The number of nitrogens with one attached hydrogen (secondary N) is 1. The largest absolute Gasteiger partial charge is 0.298 e. The first kappa shape index (κ1) is 17.2. The highest BCUT2D eigenvalue weighted by Gasteiger charge is 2.30. The minimum Gasteiger partial charge on any atom is -0.298 e. The second kappa shape index (κ2) is 6.81. The predicted octanol–water partition coefficient (Wildman–Crippen LogP) is 3.74. The maximum Gasteiger partial charge on any atom is 0.260 e. The van der Waals surface area contributed by atoms with Crippen LogP contribution in [0.25, 0.3) is 10.8 Å². The topological polar surface area (TPSA) is 61.8 Å². The summed E-state index contributed by atoms with van der Waals surface area (Å²) in [5.41, 5.74) is 3.63. The molecule has 0 fully saturated rings. The Bertz CT molecular complexity index is 1090. The Balaban J connectivity index is 1.51. The summed E-state index contributed by atoms with van der Waals surface area (Å²) >= 11 is 5.90. The van der Waals surface area contributed by atoms with E-state index < -0.39 is 11.7 Å².